The highest BCUT2D eigenvalue weighted by molar-refractivity contribution is 6.67. The van der Waals surface area contributed by atoms with Gasteiger partial charge in [0.25, 0.3) is 0 Å². The first-order valence-corrected chi connectivity index (χ1v) is 1.77. The Hall–Kier alpha value is -0.300. The largest absolute Gasteiger partial charge is 0.276 e. The molecule has 0 amide bonds. The molecule has 0 saturated heterocycles. The molecule has 0 atom stereocenters. The molecule has 2 heteroatoms. The molecule has 0 aromatic heterocycles. The number of halogens is 1. The van der Waals surface area contributed by atoms with Crippen LogP contribution in [0.4, 0.5) is 0 Å². The zero-order valence-corrected chi connectivity index (χ0v) is 4.04. The van der Waals surface area contributed by atoms with Crippen LogP contribution in [-0.2, 0) is 4.79 Å². The molecular weight excluding hydrogens is 99.5 g/mol. The molecule has 0 unspecified atom stereocenters. The van der Waals surface area contributed by atoms with Gasteiger partial charge >= 0.3 is 0 Å². The molecule has 1 nitrogen and oxygen atoms in total. The quantitative estimate of drug-likeness (QED) is 0.364. The van der Waals surface area contributed by atoms with Crippen LogP contribution in [0.15, 0.2) is 12.1 Å². The summed E-state index contributed by atoms with van der Waals surface area (Å²) in [6, 6.07) is 0. The highest BCUT2D eigenvalue weighted by Gasteiger charge is 1.89. The van der Waals surface area contributed by atoms with E-state index in [2.05, 4.69) is 0 Å². The van der Waals surface area contributed by atoms with E-state index in [1.165, 1.54) is 6.92 Å². The van der Waals surface area contributed by atoms with Gasteiger partial charge in [0.2, 0.25) is 5.24 Å². The van der Waals surface area contributed by atoms with Crippen LogP contribution in [0.3, 0.4) is 0 Å². The maximum absolute atomic E-state index is 10.1. The van der Waals surface area contributed by atoms with Crippen LogP contribution < -0.4 is 0 Å². The Labute approximate surface area is 44.4 Å². The molecule has 0 aromatic rings. The van der Waals surface area contributed by atoms with Gasteiger partial charge in [0.15, 0.2) is 0 Å². The van der Waals surface area contributed by atoms with Gasteiger partial charge in [-0.3, -0.25) is 4.79 Å². The van der Waals surface area contributed by atoms with Crippen molar-refractivity contribution >= 4 is 16.8 Å². The minimum Gasteiger partial charge on any atom is -0.276 e. The second-order valence-electron chi connectivity index (χ2n) is 0.899. The fraction of sp³-hybridized carbons (Fsp3) is 0.250. The summed E-state index contributed by atoms with van der Waals surface area (Å²) >= 11 is 4.89. The molecule has 0 rings (SSSR count). The van der Waals surface area contributed by atoms with Gasteiger partial charge in [0, 0.05) is 5.57 Å². The average Bonchev–Trinajstić information content (AvgIpc) is 1.64. The molecular formula is C4H5ClO. The summed E-state index contributed by atoms with van der Waals surface area (Å²) in [5.74, 6) is 0. The number of rotatable bonds is 1. The number of carbonyl (C=O) groups excluding carboxylic acids is 1. The Balaban J connectivity index is 4.23. The molecule has 0 heterocycles. The standard InChI is InChI=1S/C4H5ClO/c1-3(2)4(5)6/h1H2,2H3/i1D2. The van der Waals surface area contributed by atoms with Crippen molar-refractivity contribution in [3.63, 3.8) is 0 Å². The van der Waals surface area contributed by atoms with E-state index in [0.29, 0.717) is 0 Å². The highest BCUT2D eigenvalue weighted by Crippen LogP contribution is 1.91. The molecule has 0 fully saturated rings. The Bertz CT molecular complexity index is 137. The minimum atomic E-state index is -0.731. The lowest BCUT2D eigenvalue weighted by Gasteiger charge is -1.77. The van der Waals surface area contributed by atoms with Crippen LogP contribution in [0.25, 0.3) is 0 Å². The van der Waals surface area contributed by atoms with Gasteiger partial charge < -0.3 is 0 Å². The molecule has 0 radical (unpaired) electrons. The highest BCUT2D eigenvalue weighted by atomic mass is 35.5. The van der Waals surface area contributed by atoms with Gasteiger partial charge in [-0.15, -0.1) is 0 Å². The topological polar surface area (TPSA) is 17.1 Å². The lowest BCUT2D eigenvalue weighted by Crippen LogP contribution is -1.81. The summed E-state index contributed by atoms with van der Waals surface area (Å²) in [5, 5.41) is -0.731. The summed E-state index contributed by atoms with van der Waals surface area (Å²) in [6.45, 7) is 0.815. The van der Waals surface area contributed by atoms with E-state index in [0.717, 1.165) is 0 Å². The van der Waals surface area contributed by atoms with Crippen LogP contribution >= 0.6 is 11.6 Å². The Kier molecular flexibility index (Phi) is 0.926. The van der Waals surface area contributed by atoms with Crippen molar-refractivity contribution in [1.29, 1.82) is 0 Å². The van der Waals surface area contributed by atoms with Gasteiger partial charge in [0.1, 0.15) is 0 Å². The number of hydrogen-bond donors (Lipinski definition) is 0. The van der Waals surface area contributed by atoms with Gasteiger partial charge in [-0.1, -0.05) is 6.53 Å². The molecule has 0 bridgehead atoms. The van der Waals surface area contributed by atoms with Crippen molar-refractivity contribution in [2.45, 2.75) is 6.92 Å². The predicted molar refractivity (Wildman–Crippen MR) is 25.7 cm³/mol. The Morgan fingerprint density at radius 2 is 2.67 bits per heavy atom. The normalized spacial score (nSPS) is 11.7. The molecule has 0 saturated carbocycles. The monoisotopic (exact) mass is 106 g/mol. The molecule has 0 aliphatic carbocycles. The first kappa shape index (κ1) is 2.80. The first-order chi connectivity index (χ1) is 3.55. The SMILES string of the molecule is [2H]C([2H])=C(C)C(=O)Cl. The van der Waals surface area contributed by atoms with E-state index >= 15 is 0 Å². The van der Waals surface area contributed by atoms with Crippen molar-refractivity contribution in [2.75, 3.05) is 0 Å². The number of allylic oxidation sites excluding steroid dienone is 1. The second-order valence-corrected chi connectivity index (χ2v) is 1.24. The van der Waals surface area contributed by atoms with E-state index in [9.17, 15) is 4.79 Å². The van der Waals surface area contributed by atoms with Gasteiger partial charge in [0.05, 0.1) is 2.74 Å². The van der Waals surface area contributed by atoms with E-state index in [4.69, 9.17) is 14.3 Å². The molecule has 0 aromatic carbocycles. The van der Waals surface area contributed by atoms with Crippen molar-refractivity contribution in [3.05, 3.63) is 12.1 Å². The fourth-order valence-corrected chi connectivity index (χ4v) is 0. The fourth-order valence-electron chi connectivity index (χ4n) is 0. The van der Waals surface area contributed by atoms with Crippen molar-refractivity contribution in [2.24, 2.45) is 0 Å². The second kappa shape index (κ2) is 1.98. The smallest absolute Gasteiger partial charge is 0.247 e. The van der Waals surface area contributed by atoms with Crippen LogP contribution in [0.1, 0.15) is 9.67 Å². The van der Waals surface area contributed by atoms with Crippen LogP contribution in [-0.4, -0.2) is 5.24 Å². The van der Waals surface area contributed by atoms with E-state index in [1.807, 2.05) is 0 Å². The summed E-state index contributed by atoms with van der Waals surface area (Å²) in [7, 11) is 0. The molecule has 0 aliphatic rings. The summed E-state index contributed by atoms with van der Waals surface area (Å²) < 4.78 is 13.1. The predicted octanol–water partition coefficient (Wildman–Crippen LogP) is 1.33. The van der Waals surface area contributed by atoms with Gasteiger partial charge in [-0.05, 0) is 18.5 Å². The Morgan fingerprint density at radius 1 is 2.17 bits per heavy atom. The summed E-state index contributed by atoms with van der Waals surface area (Å²) in [6.07, 6.45) is 0. The maximum Gasteiger partial charge on any atom is 0.247 e. The van der Waals surface area contributed by atoms with Crippen molar-refractivity contribution in [3.8, 4) is 0 Å². The third-order valence-corrected chi connectivity index (χ3v) is 0.578. The average molecular weight is 107 g/mol. The summed E-state index contributed by atoms with van der Waals surface area (Å²) in [4.78, 5) is 10.1. The van der Waals surface area contributed by atoms with Crippen molar-refractivity contribution < 1.29 is 7.54 Å². The maximum atomic E-state index is 10.1. The van der Waals surface area contributed by atoms with Crippen LogP contribution in [0, 0.1) is 0 Å². The van der Waals surface area contributed by atoms with E-state index in [-0.39, 0.29) is 5.57 Å². The van der Waals surface area contributed by atoms with E-state index < -0.39 is 11.8 Å². The molecule has 34 valence electrons. The molecule has 0 spiro atoms. The third-order valence-electron chi connectivity index (χ3n) is 0.295. The zero-order valence-electron chi connectivity index (χ0n) is 5.29. The lowest BCUT2D eigenvalue weighted by atomic mass is 10.4. The number of carbonyl (C=O) groups is 1. The molecule has 0 aliphatic heterocycles. The number of hydrogen-bond acceptors (Lipinski definition) is 1. The molecule has 6 heavy (non-hydrogen) atoms. The summed E-state index contributed by atoms with van der Waals surface area (Å²) in [5.41, 5.74) is -0.0216. The van der Waals surface area contributed by atoms with Crippen LogP contribution in [0.2, 0.25) is 0 Å². The van der Waals surface area contributed by atoms with Crippen LogP contribution in [0.5, 0.6) is 0 Å². The first-order valence-electron chi connectivity index (χ1n) is 2.39. The lowest BCUT2D eigenvalue weighted by molar-refractivity contribution is -0.108. The van der Waals surface area contributed by atoms with Crippen molar-refractivity contribution in [1.82, 2.24) is 0 Å². The molecule has 0 N–H and O–H groups in total. The third kappa shape index (κ3) is 1.97. The minimum absolute atomic E-state index is 0.0216. The van der Waals surface area contributed by atoms with Gasteiger partial charge in [-0.25, -0.2) is 0 Å². The van der Waals surface area contributed by atoms with E-state index in [1.54, 1.807) is 0 Å². The Morgan fingerprint density at radius 3 is 2.67 bits per heavy atom. The van der Waals surface area contributed by atoms with Gasteiger partial charge in [-0.2, -0.15) is 0 Å². The zero-order chi connectivity index (χ0) is 6.73.